The number of ether oxygens (including phenoxy) is 2. The SMILES string of the molecule is CCCOCCCNC(=O)CCC(=O)OCC. The zero-order chi connectivity index (χ0) is 12.9. The van der Waals surface area contributed by atoms with E-state index in [1.807, 2.05) is 0 Å². The van der Waals surface area contributed by atoms with E-state index in [-0.39, 0.29) is 24.7 Å². The second kappa shape index (κ2) is 11.4. The van der Waals surface area contributed by atoms with E-state index in [9.17, 15) is 9.59 Å². The first kappa shape index (κ1) is 15.9. The van der Waals surface area contributed by atoms with Gasteiger partial charge in [-0.15, -0.1) is 0 Å². The molecular formula is C12H23NO4. The second-order valence-corrected chi connectivity index (χ2v) is 3.62. The molecule has 0 aliphatic rings. The summed E-state index contributed by atoms with van der Waals surface area (Å²) in [7, 11) is 0. The highest BCUT2D eigenvalue weighted by atomic mass is 16.5. The van der Waals surface area contributed by atoms with Crippen LogP contribution in [0.4, 0.5) is 0 Å². The van der Waals surface area contributed by atoms with Crippen LogP contribution < -0.4 is 5.32 Å². The summed E-state index contributed by atoms with van der Waals surface area (Å²) in [6.07, 6.45) is 2.14. The van der Waals surface area contributed by atoms with E-state index in [0.29, 0.717) is 19.8 Å². The fourth-order valence-electron chi connectivity index (χ4n) is 1.19. The van der Waals surface area contributed by atoms with E-state index < -0.39 is 0 Å². The molecule has 100 valence electrons. The number of carbonyl (C=O) groups is 2. The average molecular weight is 245 g/mol. The van der Waals surface area contributed by atoms with Gasteiger partial charge in [-0.25, -0.2) is 0 Å². The molecule has 0 spiro atoms. The maximum Gasteiger partial charge on any atom is 0.306 e. The van der Waals surface area contributed by atoms with E-state index >= 15 is 0 Å². The smallest absolute Gasteiger partial charge is 0.306 e. The van der Waals surface area contributed by atoms with Crippen molar-refractivity contribution in [3.63, 3.8) is 0 Å². The van der Waals surface area contributed by atoms with Gasteiger partial charge < -0.3 is 14.8 Å². The zero-order valence-corrected chi connectivity index (χ0v) is 10.8. The third-order valence-corrected chi connectivity index (χ3v) is 2.00. The highest BCUT2D eigenvalue weighted by Gasteiger charge is 2.06. The summed E-state index contributed by atoms with van der Waals surface area (Å²) in [6.45, 7) is 6.16. The maximum atomic E-state index is 11.3. The van der Waals surface area contributed by atoms with E-state index in [2.05, 4.69) is 12.2 Å². The van der Waals surface area contributed by atoms with Crippen molar-refractivity contribution < 1.29 is 19.1 Å². The molecule has 0 aliphatic carbocycles. The van der Waals surface area contributed by atoms with Gasteiger partial charge in [0.2, 0.25) is 5.91 Å². The first-order valence-electron chi connectivity index (χ1n) is 6.20. The molecule has 0 radical (unpaired) electrons. The molecule has 0 saturated carbocycles. The van der Waals surface area contributed by atoms with Gasteiger partial charge in [0.1, 0.15) is 0 Å². The van der Waals surface area contributed by atoms with Crippen molar-refractivity contribution in [2.75, 3.05) is 26.4 Å². The van der Waals surface area contributed by atoms with Crippen LogP contribution in [0.5, 0.6) is 0 Å². The van der Waals surface area contributed by atoms with Crippen LogP contribution in [0, 0.1) is 0 Å². The van der Waals surface area contributed by atoms with Gasteiger partial charge in [0.15, 0.2) is 0 Å². The summed E-state index contributed by atoms with van der Waals surface area (Å²) >= 11 is 0. The second-order valence-electron chi connectivity index (χ2n) is 3.62. The van der Waals surface area contributed by atoms with Crippen molar-refractivity contribution in [3.05, 3.63) is 0 Å². The van der Waals surface area contributed by atoms with Gasteiger partial charge in [0, 0.05) is 26.2 Å². The van der Waals surface area contributed by atoms with Crippen molar-refractivity contribution in [2.45, 2.75) is 39.5 Å². The zero-order valence-electron chi connectivity index (χ0n) is 10.8. The first-order chi connectivity index (χ1) is 8.20. The van der Waals surface area contributed by atoms with E-state index in [4.69, 9.17) is 9.47 Å². The molecule has 5 nitrogen and oxygen atoms in total. The molecular weight excluding hydrogens is 222 g/mol. The topological polar surface area (TPSA) is 64.6 Å². The van der Waals surface area contributed by atoms with E-state index in [0.717, 1.165) is 19.4 Å². The minimum absolute atomic E-state index is 0.117. The Hall–Kier alpha value is -1.10. The van der Waals surface area contributed by atoms with Gasteiger partial charge in [-0.3, -0.25) is 9.59 Å². The molecule has 0 atom stereocenters. The van der Waals surface area contributed by atoms with Gasteiger partial charge in [0.05, 0.1) is 13.0 Å². The van der Waals surface area contributed by atoms with Crippen molar-refractivity contribution in [3.8, 4) is 0 Å². The normalized spacial score (nSPS) is 10.0. The minimum Gasteiger partial charge on any atom is -0.466 e. The van der Waals surface area contributed by atoms with Crippen molar-refractivity contribution in [1.82, 2.24) is 5.32 Å². The number of rotatable bonds is 10. The van der Waals surface area contributed by atoms with Crippen LogP contribution in [0.1, 0.15) is 39.5 Å². The van der Waals surface area contributed by atoms with Crippen LogP contribution in [0.25, 0.3) is 0 Å². The Morgan fingerprint density at radius 1 is 1.12 bits per heavy atom. The Labute approximate surface area is 103 Å². The molecule has 0 rings (SSSR count). The lowest BCUT2D eigenvalue weighted by molar-refractivity contribution is -0.144. The maximum absolute atomic E-state index is 11.3. The Morgan fingerprint density at radius 3 is 2.53 bits per heavy atom. The lowest BCUT2D eigenvalue weighted by Gasteiger charge is -2.05. The summed E-state index contributed by atoms with van der Waals surface area (Å²) in [6, 6.07) is 0. The molecule has 1 N–H and O–H groups in total. The molecule has 5 heteroatoms. The highest BCUT2D eigenvalue weighted by molar-refractivity contribution is 5.81. The number of carbonyl (C=O) groups excluding carboxylic acids is 2. The summed E-state index contributed by atoms with van der Waals surface area (Å²) in [4.78, 5) is 22.3. The van der Waals surface area contributed by atoms with Gasteiger partial charge in [0.25, 0.3) is 0 Å². The van der Waals surface area contributed by atoms with Crippen LogP contribution in [-0.4, -0.2) is 38.2 Å². The lowest BCUT2D eigenvalue weighted by Crippen LogP contribution is -2.25. The van der Waals surface area contributed by atoms with Crippen LogP contribution in [0.15, 0.2) is 0 Å². The van der Waals surface area contributed by atoms with Crippen LogP contribution >= 0.6 is 0 Å². The molecule has 0 heterocycles. The number of amides is 1. The average Bonchev–Trinajstić information content (AvgIpc) is 2.31. The molecule has 0 fully saturated rings. The fraction of sp³-hybridized carbons (Fsp3) is 0.833. The predicted molar refractivity (Wildman–Crippen MR) is 64.6 cm³/mol. The Bertz CT molecular complexity index is 219. The van der Waals surface area contributed by atoms with E-state index in [1.165, 1.54) is 0 Å². The van der Waals surface area contributed by atoms with Crippen LogP contribution in [-0.2, 0) is 19.1 Å². The van der Waals surface area contributed by atoms with Gasteiger partial charge in [-0.1, -0.05) is 6.92 Å². The number of nitrogens with one attached hydrogen (secondary N) is 1. The Balaban J connectivity index is 3.31. The molecule has 0 unspecified atom stereocenters. The summed E-state index contributed by atoms with van der Waals surface area (Å²) in [5.41, 5.74) is 0. The Morgan fingerprint density at radius 2 is 1.88 bits per heavy atom. The largest absolute Gasteiger partial charge is 0.466 e. The fourth-order valence-corrected chi connectivity index (χ4v) is 1.19. The highest BCUT2D eigenvalue weighted by Crippen LogP contribution is 1.93. The first-order valence-corrected chi connectivity index (χ1v) is 6.20. The van der Waals surface area contributed by atoms with Crippen LogP contribution in [0.3, 0.4) is 0 Å². The van der Waals surface area contributed by atoms with Crippen molar-refractivity contribution in [1.29, 1.82) is 0 Å². The van der Waals surface area contributed by atoms with Gasteiger partial charge >= 0.3 is 5.97 Å². The minimum atomic E-state index is -0.325. The molecule has 1 amide bonds. The monoisotopic (exact) mass is 245 g/mol. The third kappa shape index (κ3) is 11.2. The summed E-state index contributed by atoms with van der Waals surface area (Å²) in [5.74, 6) is -0.442. The number of hydrogen-bond acceptors (Lipinski definition) is 4. The van der Waals surface area contributed by atoms with Crippen LogP contribution in [0.2, 0.25) is 0 Å². The summed E-state index contributed by atoms with van der Waals surface area (Å²) < 4.78 is 9.99. The lowest BCUT2D eigenvalue weighted by atomic mass is 10.3. The quantitative estimate of drug-likeness (QED) is 0.465. The molecule has 17 heavy (non-hydrogen) atoms. The molecule has 0 aliphatic heterocycles. The molecule has 0 bridgehead atoms. The number of esters is 1. The molecule has 0 aromatic carbocycles. The van der Waals surface area contributed by atoms with E-state index in [1.54, 1.807) is 6.92 Å². The molecule has 0 aromatic rings. The van der Waals surface area contributed by atoms with Crippen molar-refractivity contribution in [2.24, 2.45) is 0 Å². The number of hydrogen-bond donors (Lipinski definition) is 1. The molecule has 0 aromatic heterocycles. The van der Waals surface area contributed by atoms with Gasteiger partial charge in [-0.2, -0.15) is 0 Å². The standard InChI is InChI=1S/C12H23NO4/c1-3-9-16-10-5-8-13-11(14)6-7-12(15)17-4-2/h3-10H2,1-2H3,(H,13,14). The summed E-state index contributed by atoms with van der Waals surface area (Å²) in [5, 5.41) is 2.73. The molecule has 0 saturated heterocycles. The Kier molecular flexibility index (Phi) is 10.7. The third-order valence-electron chi connectivity index (χ3n) is 2.00. The van der Waals surface area contributed by atoms with Gasteiger partial charge in [-0.05, 0) is 19.8 Å². The van der Waals surface area contributed by atoms with Crippen molar-refractivity contribution >= 4 is 11.9 Å². The predicted octanol–water partition coefficient (Wildman–Crippen LogP) is 1.26.